The van der Waals surface area contributed by atoms with Gasteiger partial charge in [-0.3, -0.25) is 0 Å². The molecule has 0 aliphatic carbocycles. The first-order valence-electron chi connectivity index (χ1n) is 2.79. The molecule has 1 heteroatoms. The van der Waals surface area contributed by atoms with Gasteiger partial charge in [-0.25, -0.2) is 0 Å². The molecule has 0 saturated carbocycles. The second-order valence-corrected chi connectivity index (χ2v) is 1.65. The summed E-state index contributed by atoms with van der Waals surface area (Å²) in [5.41, 5.74) is 0. The predicted octanol–water partition coefficient (Wildman–Crippen LogP) is 2.41. The quantitative estimate of drug-likeness (QED) is 0.439. The lowest BCUT2D eigenvalue weighted by Crippen LogP contribution is -1.70. The Morgan fingerprint density at radius 2 is 2.25 bits per heavy atom. The Labute approximate surface area is 50.3 Å². The van der Waals surface area contributed by atoms with Crippen LogP contribution in [0.4, 0.5) is 0 Å². The molecule has 0 aromatic rings. The van der Waals surface area contributed by atoms with Gasteiger partial charge in [-0.15, -0.1) is 0 Å². The fourth-order valence-corrected chi connectivity index (χ4v) is 0.386. The van der Waals surface area contributed by atoms with Crippen LogP contribution in [0.1, 0.15) is 19.8 Å². The normalized spacial score (nSPS) is 10.1. The van der Waals surface area contributed by atoms with Crippen LogP contribution in [-0.4, -0.2) is 5.11 Å². The van der Waals surface area contributed by atoms with Gasteiger partial charge in [0.15, 0.2) is 0 Å². The minimum absolute atomic E-state index is 0.231. The minimum atomic E-state index is 0.231. The number of rotatable bonds is 3. The predicted molar refractivity (Wildman–Crippen MR) is 35.8 cm³/mol. The van der Waals surface area contributed by atoms with Crippen LogP contribution in [-0.2, 0) is 0 Å². The molecule has 46 valence electrons. The van der Waals surface area contributed by atoms with E-state index in [1.807, 2.05) is 12.2 Å². The molecule has 0 amide bonds. The summed E-state index contributed by atoms with van der Waals surface area (Å²) in [6.45, 7) is 5.38. The highest BCUT2D eigenvalue weighted by Gasteiger charge is 1.78. The van der Waals surface area contributed by atoms with E-state index in [2.05, 4.69) is 13.5 Å². The first kappa shape index (κ1) is 7.28. The van der Waals surface area contributed by atoms with Crippen LogP contribution in [0.15, 0.2) is 24.5 Å². The first-order valence-corrected chi connectivity index (χ1v) is 2.79. The molecule has 8 heavy (non-hydrogen) atoms. The number of allylic oxidation sites excluding steroid dienone is 2. The highest BCUT2D eigenvalue weighted by atomic mass is 16.3. The van der Waals surface area contributed by atoms with Crippen LogP contribution in [0, 0.1) is 0 Å². The zero-order chi connectivity index (χ0) is 6.41. The number of hydrogen-bond donors (Lipinski definition) is 1. The average molecular weight is 112 g/mol. The SMILES string of the molecule is C=C(O)C/C=C/CC. The molecule has 0 radical (unpaired) electrons. The molecule has 0 aliphatic heterocycles. The lowest BCUT2D eigenvalue weighted by atomic mass is 10.3. The summed E-state index contributed by atoms with van der Waals surface area (Å²) >= 11 is 0. The van der Waals surface area contributed by atoms with E-state index in [4.69, 9.17) is 5.11 Å². The van der Waals surface area contributed by atoms with Crippen LogP contribution in [0.2, 0.25) is 0 Å². The Balaban J connectivity index is 3.16. The van der Waals surface area contributed by atoms with Gasteiger partial charge in [0.1, 0.15) is 0 Å². The average Bonchev–Trinajstić information content (AvgIpc) is 1.66. The molecule has 0 aliphatic rings. The van der Waals surface area contributed by atoms with E-state index in [9.17, 15) is 0 Å². The van der Waals surface area contributed by atoms with Crippen molar-refractivity contribution >= 4 is 0 Å². The van der Waals surface area contributed by atoms with Crippen molar-refractivity contribution in [3.05, 3.63) is 24.5 Å². The Kier molecular flexibility index (Phi) is 4.04. The summed E-state index contributed by atoms with van der Waals surface area (Å²) in [6.07, 6.45) is 5.52. The number of aliphatic hydroxyl groups is 1. The van der Waals surface area contributed by atoms with Gasteiger partial charge in [0.25, 0.3) is 0 Å². The molecule has 0 saturated heterocycles. The molecule has 0 bridgehead atoms. The van der Waals surface area contributed by atoms with Gasteiger partial charge in [0, 0.05) is 6.42 Å². The smallest absolute Gasteiger partial charge is 0.0888 e. The lowest BCUT2D eigenvalue weighted by Gasteiger charge is -1.85. The molecule has 0 heterocycles. The Morgan fingerprint density at radius 1 is 1.62 bits per heavy atom. The summed E-state index contributed by atoms with van der Waals surface area (Å²) in [5.74, 6) is 0.231. The van der Waals surface area contributed by atoms with E-state index >= 15 is 0 Å². The van der Waals surface area contributed by atoms with Gasteiger partial charge in [-0.05, 0) is 6.42 Å². The van der Waals surface area contributed by atoms with Crippen molar-refractivity contribution in [1.29, 1.82) is 0 Å². The Morgan fingerprint density at radius 3 is 2.62 bits per heavy atom. The van der Waals surface area contributed by atoms with Gasteiger partial charge in [-0.2, -0.15) is 0 Å². The van der Waals surface area contributed by atoms with Crippen LogP contribution in [0.3, 0.4) is 0 Å². The van der Waals surface area contributed by atoms with Gasteiger partial charge >= 0.3 is 0 Å². The molecule has 0 unspecified atom stereocenters. The molecule has 0 aromatic heterocycles. The number of hydrogen-bond acceptors (Lipinski definition) is 1. The van der Waals surface area contributed by atoms with Crippen LogP contribution < -0.4 is 0 Å². The van der Waals surface area contributed by atoms with E-state index in [-0.39, 0.29) is 5.76 Å². The third kappa shape index (κ3) is 5.28. The molecule has 1 nitrogen and oxygen atoms in total. The summed E-state index contributed by atoms with van der Waals surface area (Å²) in [6, 6.07) is 0. The first-order chi connectivity index (χ1) is 3.77. The topological polar surface area (TPSA) is 20.2 Å². The van der Waals surface area contributed by atoms with E-state index in [0.717, 1.165) is 6.42 Å². The summed E-state index contributed by atoms with van der Waals surface area (Å²) in [4.78, 5) is 0. The minimum Gasteiger partial charge on any atom is -0.513 e. The highest BCUT2D eigenvalue weighted by molar-refractivity contribution is 4.92. The third-order valence-electron chi connectivity index (χ3n) is 0.756. The Bertz CT molecular complexity index is 92.6. The second-order valence-electron chi connectivity index (χ2n) is 1.65. The molecule has 0 fully saturated rings. The van der Waals surface area contributed by atoms with Crippen LogP contribution in [0.5, 0.6) is 0 Å². The maximum Gasteiger partial charge on any atom is 0.0888 e. The van der Waals surface area contributed by atoms with Crippen LogP contribution in [0.25, 0.3) is 0 Å². The fourth-order valence-electron chi connectivity index (χ4n) is 0.386. The highest BCUT2D eigenvalue weighted by Crippen LogP contribution is 1.93. The van der Waals surface area contributed by atoms with Crippen molar-refractivity contribution in [1.82, 2.24) is 0 Å². The summed E-state index contributed by atoms with van der Waals surface area (Å²) in [5, 5.41) is 8.53. The summed E-state index contributed by atoms with van der Waals surface area (Å²) < 4.78 is 0. The lowest BCUT2D eigenvalue weighted by molar-refractivity contribution is 0.404. The van der Waals surface area contributed by atoms with E-state index in [1.54, 1.807) is 0 Å². The van der Waals surface area contributed by atoms with Gasteiger partial charge in [-0.1, -0.05) is 25.7 Å². The fraction of sp³-hybridized carbons (Fsp3) is 0.429. The third-order valence-corrected chi connectivity index (χ3v) is 0.756. The van der Waals surface area contributed by atoms with E-state index < -0.39 is 0 Å². The zero-order valence-corrected chi connectivity index (χ0v) is 5.22. The van der Waals surface area contributed by atoms with Crippen LogP contribution >= 0.6 is 0 Å². The maximum atomic E-state index is 8.53. The van der Waals surface area contributed by atoms with Crippen molar-refractivity contribution in [2.75, 3.05) is 0 Å². The van der Waals surface area contributed by atoms with Crippen molar-refractivity contribution in [3.63, 3.8) is 0 Å². The van der Waals surface area contributed by atoms with Crippen molar-refractivity contribution in [2.24, 2.45) is 0 Å². The summed E-state index contributed by atoms with van der Waals surface area (Å²) in [7, 11) is 0. The molecular weight excluding hydrogens is 100 g/mol. The van der Waals surface area contributed by atoms with E-state index in [0.29, 0.717) is 6.42 Å². The van der Waals surface area contributed by atoms with Gasteiger partial charge < -0.3 is 5.11 Å². The Hall–Kier alpha value is -0.720. The number of aliphatic hydroxyl groups excluding tert-OH is 1. The van der Waals surface area contributed by atoms with E-state index in [1.165, 1.54) is 0 Å². The molecular formula is C7H12O. The molecule has 0 spiro atoms. The van der Waals surface area contributed by atoms with Crippen molar-refractivity contribution in [2.45, 2.75) is 19.8 Å². The maximum absolute atomic E-state index is 8.53. The molecule has 0 rings (SSSR count). The van der Waals surface area contributed by atoms with Crippen molar-refractivity contribution in [3.8, 4) is 0 Å². The molecule has 1 N–H and O–H groups in total. The monoisotopic (exact) mass is 112 g/mol. The standard InChI is InChI=1S/C7H12O/c1-3-4-5-6-7(2)8/h4-5,8H,2-3,6H2,1H3/b5-4+. The second kappa shape index (κ2) is 4.44. The van der Waals surface area contributed by atoms with Crippen molar-refractivity contribution < 1.29 is 5.11 Å². The molecule has 0 atom stereocenters. The zero-order valence-electron chi connectivity index (χ0n) is 5.22. The van der Waals surface area contributed by atoms with Gasteiger partial charge in [0.2, 0.25) is 0 Å². The molecule has 0 aromatic carbocycles. The van der Waals surface area contributed by atoms with Gasteiger partial charge in [0.05, 0.1) is 5.76 Å². The largest absolute Gasteiger partial charge is 0.513 e.